The Morgan fingerprint density at radius 1 is 1.26 bits per heavy atom. The normalized spacial score (nSPS) is 9.95. The van der Waals surface area contributed by atoms with Gasteiger partial charge < -0.3 is 15.2 Å². The quantitative estimate of drug-likeness (QED) is 0.700. The van der Waals surface area contributed by atoms with Crippen molar-refractivity contribution in [3.05, 3.63) is 29.8 Å². The van der Waals surface area contributed by atoms with Crippen molar-refractivity contribution in [1.29, 1.82) is 0 Å². The summed E-state index contributed by atoms with van der Waals surface area (Å²) in [5.74, 6) is -0.454. The van der Waals surface area contributed by atoms with Gasteiger partial charge in [0.2, 0.25) is 0 Å². The predicted molar refractivity (Wildman–Crippen MR) is 71.2 cm³/mol. The fourth-order valence-corrected chi connectivity index (χ4v) is 1.49. The number of hydrogen-bond acceptors (Lipinski definition) is 3. The van der Waals surface area contributed by atoms with E-state index in [1.54, 1.807) is 0 Å². The second-order valence-electron chi connectivity index (χ2n) is 4.13. The predicted octanol–water partition coefficient (Wildman–Crippen LogP) is 1.61. The lowest BCUT2D eigenvalue weighted by Crippen LogP contribution is -2.29. The third-order valence-electron chi connectivity index (χ3n) is 2.59. The van der Waals surface area contributed by atoms with Crippen LogP contribution in [0.1, 0.15) is 25.3 Å². The molecule has 0 aliphatic carbocycles. The second-order valence-corrected chi connectivity index (χ2v) is 4.13. The minimum atomic E-state index is -0.860. The topological polar surface area (TPSA) is 75.6 Å². The van der Waals surface area contributed by atoms with Gasteiger partial charge in [-0.25, -0.2) is 0 Å². The third-order valence-corrected chi connectivity index (χ3v) is 2.59. The molecule has 1 aromatic rings. The molecule has 0 saturated heterocycles. The summed E-state index contributed by atoms with van der Waals surface area (Å²) in [4.78, 5) is 21.7. The zero-order valence-electron chi connectivity index (χ0n) is 11.0. The smallest absolute Gasteiger partial charge is 0.303 e. The molecular formula is C14H19NO4. The first kappa shape index (κ1) is 15.0. The van der Waals surface area contributed by atoms with E-state index < -0.39 is 5.97 Å². The molecule has 0 heterocycles. The van der Waals surface area contributed by atoms with Gasteiger partial charge in [-0.3, -0.25) is 9.59 Å². The van der Waals surface area contributed by atoms with E-state index >= 15 is 0 Å². The van der Waals surface area contributed by atoms with Gasteiger partial charge in [-0.2, -0.15) is 0 Å². The van der Waals surface area contributed by atoms with Crippen molar-refractivity contribution < 1.29 is 19.4 Å². The Kier molecular flexibility index (Phi) is 6.43. The minimum Gasteiger partial charge on any atom is -0.484 e. The summed E-state index contributed by atoms with van der Waals surface area (Å²) >= 11 is 0. The van der Waals surface area contributed by atoms with Gasteiger partial charge in [0.25, 0.3) is 5.91 Å². The maximum absolute atomic E-state index is 11.4. The first-order chi connectivity index (χ1) is 9.11. The van der Waals surface area contributed by atoms with E-state index in [1.165, 1.54) is 5.56 Å². The Bertz CT molecular complexity index is 414. The van der Waals surface area contributed by atoms with Crippen molar-refractivity contribution in [1.82, 2.24) is 5.32 Å². The van der Waals surface area contributed by atoms with Crippen LogP contribution in [0.25, 0.3) is 0 Å². The fraction of sp³-hybridized carbons (Fsp3) is 0.429. The second kappa shape index (κ2) is 8.13. The average molecular weight is 265 g/mol. The fourth-order valence-electron chi connectivity index (χ4n) is 1.49. The maximum atomic E-state index is 11.4. The molecule has 0 saturated carbocycles. The number of amides is 1. The number of nitrogens with one attached hydrogen (secondary N) is 1. The van der Waals surface area contributed by atoms with Crippen LogP contribution in [0.4, 0.5) is 0 Å². The van der Waals surface area contributed by atoms with Crippen LogP contribution in [0.5, 0.6) is 5.75 Å². The van der Waals surface area contributed by atoms with Crippen LogP contribution in [0.2, 0.25) is 0 Å². The lowest BCUT2D eigenvalue weighted by molar-refractivity contribution is -0.137. The Balaban J connectivity index is 2.20. The highest BCUT2D eigenvalue weighted by molar-refractivity contribution is 5.77. The van der Waals surface area contributed by atoms with E-state index in [9.17, 15) is 9.59 Å². The Morgan fingerprint density at radius 2 is 1.95 bits per heavy atom. The number of hydrogen-bond donors (Lipinski definition) is 2. The molecule has 0 atom stereocenters. The summed E-state index contributed by atoms with van der Waals surface area (Å²) in [5.41, 5.74) is 1.21. The molecule has 0 aromatic heterocycles. The molecule has 0 aliphatic rings. The highest BCUT2D eigenvalue weighted by Crippen LogP contribution is 2.12. The van der Waals surface area contributed by atoms with Gasteiger partial charge >= 0.3 is 5.97 Å². The van der Waals surface area contributed by atoms with E-state index in [0.29, 0.717) is 18.7 Å². The molecule has 0 bridgehead atoms. The number of carbonyl (C=O) groups excluding carboxylic acids is 1. The molecule has 2 N–H and O–H groups in total. The maximum Gasteiger partial charge on any atom is 0.303 e. The van der Waals surface area contributed by atoms with E-state index in [0.717, 1.165) is 6.42 Å². The van der Waals surface area contributed by atoms with Crippen molar-refractivity contribution in [2.75, 3.05) is 13.2 Å². The highest BCUT2D eigenvalue weighted by atomic mass is 16.5. The van der Waals surface area contributed by atoms with E-state index in [4.69, 9.17) is 9.84 Å². The molecule has 1 rings (SSSR count). The molecule has 1 aromatic carbocycles. The number of benzene rings is 1. The molecule has 0 aliphatic heterocycles. The molecular weight excluding hydrogens is 246 g/mol. The van der Waals surface area contributed by atoms with Gasteiger partial charge in [-0.15, -0.1) is 0 Å². The lowest BCUT2D eigenvalue weighted by Gasteiger charge is -2.07. The van der Waals surface area contributed by atoms with Crippen molar-refractivity contribution >= 4 is 11.9 Å². The molecule has 0 spiro atoms. The van der Waals surface area contributed by atoms with Crippen LogP contribution in [0, 0.1) is 0 Å². The molecule has 5 nitrogen and oxygen atoms in total. The summed E-state index contributed by atoms with van der Waals surface area (Å²) in [5, 5.41) is 11.0. The average Bonchev–Trinajstić information content (AvgIpc) is 2.41. The Hall–Kier alpha value is -2.04. The first-order valence-corrected chi connectivity index (χ1v) is 6.32. The Labute approximate surface area is 112 Å². The molecule has 0 fully saturated rings. The van der Waals surface area contributed by atoms with Gasteiger partial charge in [0, 0.05) is 13.0 Å². The van der Waals surface area contributed by atoms with Gasteiger partial charge in [0.15, 0.2) is 6.61 Å². The largest absolute Gasteiger partial charge is 0.484 e. The van der Waals surface area contributed by atoms with Crippen molar-refractivity contribution in [3.63, 3.8) is 0 Å². The molecule has 5 heteroatoms. The van der Waals surface area contributed by atoms with Crippen LogP contribution in [-0.4, -0.2) is 30.1 Å². The summed E-state index contributed by atoms with van der Waals surface area (Å²) in [7, 11) is 0. The summed E-state index contributed by atoms with van der Waals surface area (Å²) in [6.07, 6.45) is 1.44. The van der Waals surface area contributed by atoms with Crippen molar-refractivity contribution in [2.45, 2.75) is 26.2 Å². The minimum absolute atomic E-state index is 0.0552. The summed E-state index contributed by atoms with van der Waals surface area (Å²) in [6, 6.07) is 7.58. The van der Waals surface area contributed by atoms with Crippen molar-refractivity contribution in [2.24, 2.45) is 0 Å². The molecule has 0 unspecified atom stereocenters. The molecule has 19 heavy (non-hydrogen) atoms. The van der Waals surface area contributed by atoms with Crippen LogP contribution >= 0.6 is 0 Å². The molecule has 1 amide bonds. The summed E-state index contributed by atoms with van der Waals surface area (Å²) < 4.78 is 5.32. The van der Waals surface area contributed by atoms with E-state index in [-0.39, 0.29) is 18.9 Å². The number of aliphatic carboxylic acids is 1. The van der Waals surface area contributed by atoms with Crippen LogP contribution in [0.15, 0.2) is 24.3 Å². The first-order valence-electron chi connectivity index (χ1n) is 6.32. The number of carboxylic acids is 1. The van der Waals surface area contributed by atoms with Crippen molar-refractivity contribution in [3.8, 4) is 5.75 Å². The van der Waals surface area contributed by atoms with Crippen LogP contribution in [0.3, 0.4) is 0 Å². The summed E-state index contributed by atoms with van der Waals surface area (Å²) in [6.45, 7) is 2.36. The van der Waals surface area contributed by atoms with E-state index in [2.05, 4.69) is 12.2 Å². The number of rotatable bonds is 8. The van der Waals surface area contributed by atoms with Gasteiger partial charge in [-0.1, -0.05) is 19.1 Å². The molecule has 0 radical (unpaired) electrons. The van der Waals surface area contributed by atoms with E-state index in [1.807, 2.05) is 24.3 Å². The van der Waals surface area contributed by atoms with Crippen LogP contribution < -0.4 is 10.1 Å². The lowest BCUT2D eigenvalue weighted by atomic mass is 10.2. The van der Waals surface area contributed by atoms with Crippen LogP contribution in [-0.2, 0) is 16.0 Å². The molecule has 104 valence electrons. The number of ether oxygens (including phenoxy) is 1. The SMILES string of the molecule is CCc1ccc(OCC(=O)NCCCC(=O)O)cc1. The standard InChI is InChI=1S/C14H19NO4/c1-2-11-5-7-12(8-6-11)19-10-13(16)15-9-3-4-14(17)18/h5-8H,2-4,9-10H2,1H3,(H,15,16)(H,17,18). The monoisotopic (exact) mass is 265 g/mol. The number of carboxylic acid groups (broad SMARTS) is 1. The Morgan fingerprint density at radius 3 is 2.53 bits per heavy atom. The van der Waals surface area contributed by atoms with Gasteiger partial charge in [0.05, 0.1) is 0 Å². The zero-order valence-corrected chi connectivity index (χ0v) is 11.0. The number of aryl methyl sites for hydroxylation is 1. The highest BCUT2D eigenvalue weighted by Gasteiger charge is 2.03. The number of carbonyl (C=O) groups is 2. The van der Waals surface area contributed by atoms with Gasteiger partial charge in [-0.05, 0) is 30.5 Å². The zero-order chi connectivity index (χ0) is 14.1. The van der Waals surface area contributed by atoms with Gasteiger partial charge in [0.1, 0.15) is 5.75 Å². The third kappa shape index (κ3) is 6.45.